The van der Waals surface area contributed by atoms with Crippen molar-refractivity contribution in [2.45, 2.75) is 58.0 Å². The molecule has 0 amide bonds. The quantitative estimate of drug-likeness (QED) is 0.911. The molecule has 1 aromatic carbocycles. The van der Waals surface area contributed by atoms with Gasteiger partial charge in [0.25, 0.3) is 0 Å². The monoisotopic (exact) mass is 272 g/mol. The fraction of sp³-hybridized carbons (Fsp3) is 0.667. The molecule has 3 atom stereocenters. The van der Waals surface area contributed by atoms with E-state index in [0.717, 1.165) is 18.5 Å². The summed E-state index contributed by atoms with van der Waals surface area (Å²) in [5, 5.41) is 0. The summed E-state index contributed by atoms with van der Waals surface area (Å²) in [5.41, 5.74) is 10.5. The van der Waals surface area contributed by atoms with Crippen molar-refractivity contribution in [3.05, 3.63) is 34.9 Å². The minimum atomic E-state index is 0.163. The van der Waals surface area contributed by atoms with Crippen LogP contribution >= 0.6 is 0 Å². The first-order chi connectivity index (χ1) is 9.65. The van der Waals surface area contributed by atoms with Crippen molar-refractivity contribution in [2.24, 2.45) is 11.7 Å². The molecule has 3 unspecified atom stereocenters. The van der Waals surface area contributed by atoms with E-state index in [2.05, 4.69) is 36.9 Å². The second kappa shape index (κ2) is 5.87. The molecule has 0 spiro atoms. The third kappa shape index (κ3) is 2.77. The van der Waals surface area contributed by atoms with Crippen LogP contribution < -0.4 is 5.73 Å². The summed E-state index contributed by atoms with van der Waals surface area (Å²) in [4.78, 5) is 2.68. The molecule has 1 aliphatic heterocycles. The number of likely N-dealkylation sites (tertiary alicyclic amines) is 1. The Morgan fingerprint density at radius 1 is 1.20 bits per heavy atom. The Morgan fingerprint density at radius 3 is 2.85 bits per heavy atom. The van der Waals surface area contributed by atoms with Crippen LogP contribution in [0.2, 0.25) is 0 Å². The maximum absolute atomic E-state index is 6.52. The van der Waals surface area contributed by atoms with E-state index in [-0.39, 0.29) is 6.04 Å². The van der Waals surface area contributed by atoms with Gasteiger partial charge in [0.1, 0.15) is 0 Å². The summed E-state index contributed by atoms with van der Waals surface area (Å²) in [6.07, 6.45) is 7.09. The summed E-state index contributed by atoms with van der Waals surface area (Å²) in [6, 6.07) is 7.64. The second-order valence-corrected chi connectivity index (χ2v) is 6.86. The van der Waals surface area contributed by atoms with Crippen LogP contribution in [0.4, 0.5) is 0 Å². The fourth-order valence-corrected chi connectivity index (χ4v) is 4.24. The van der Waals surface area contributed by atoms with Crippen LogP contribution in [0, 0.1) is 19.8 Å². The van der Waals surface area contributed by atoms with Crippen molar-refractivity contribution in [1.29, 1.82) is 0 Å². The van der Waals surface area contributed by atoms with Gasteiger partial charge in [-0.15, -0.1) is 0 Å². The number of nitrogens with zero attached hydrogens (tertiary/aromatic N) is 1. The molecule has 1 aliphatic carbocycles. The molecule has 1 saturated carbocycles. The van der Waals surface area contributed by atoms with Gasteiger partial charge in [0, 0.05) is 18.6 Å². The molecule has 20 heavy (non-hydrogen) atoms. The van der Waals surface area contributed by atoms with E-state index in [1.807, 2.05) is 0 Å². The van der Waals surface area contributed by atoms with Crippen molar-refractivity contribution >= 4 is 0 Å². The molecule has 2 nitrogen and oxygen atoms in total. The molecule has 0 aromatic heterocycles. The molecule has 2 heteroatoms. The normalized spacial score (nSPS) is 28.4. The van der Waals surface area contributed by atoms with E-state index in [9.17, 15) is 0 Å². The summed E-state index contributed by atoms with van der Waals surface area (Å²) in [5.74, 6) is 0.953. The average Bonchev–Trinajstić information content (AvgIpc) is 2.85. The smallest absolute Gasteiger partial charge is 0.0427 e. The third-order valence-electron chi connectivity index (χ3n) is 5.39. The predicted molar refractivity (Wildman–Crippen MR) is 84.8 cm³/mol. The van der Waals surface area contributed by atoms with Crippen molar-refractivity contribution in [3.8, 4) is 0 Å². The lowest BCUT2D eigenvalue weighted by Gasteiger charge is -2.33. The lowest BCUT2D eigenvalue weighted by molar-refractivity contribution is 0.174. The average molecular weight is 272 g/mol. The van der Waals surface area contributed by atoms with E-state index < -0.39 is 0 Å². The van der Waals surface area contributed by atoms with E-state index in [0.29, 0.717) is 0 Å². The molecule has 2 N–H and O–H groups in total. The van der Waals surface area contributed by atoms with Crippen LogP contribution in [-0.4, -0.2) is 24.0 Å². The molecule has 110 valence electrons. The number of benzene rings is 1. The first-order valence-corrected chi connectivity index (χ1v) is 8.22. The zero-order valence-corrected chi connectivity index (χ0v) is 12.9. The minimum absolute atomic E-state index is 0.163. The van der Waals surface area contributed by atoms with Crippen LogP contribution in [0.3, 0.4) is 0 Å². The molecule has 1 heterocycles. The lowest BCUT2D eigenvalue weighted by Crippen LogP contribution is -2.39. The topological polar surface area (TPSA) is 29.3 Å². The molecular formula is C18H28N2. The van der Waals surface area contributed by atoms with E-state index in [1.54, 1.807) is 0 Å². The zero-order valence-electron chi connectivity index (χ0n) is 12.9. The van der Waals surface area contributed by atoms with Gasteiger partial charge in [-0.05, 0) is 56.7 Å². The Hall–Kier alpha value is -0.860. The number of aryl methyl sites for hydroxylation is 2. The molecule has 0 bridgehead atoms. The number of hydrogen-bond acceptors (Lipinski definition) is 2. The summed E-state index contributed by atoms with van der Waals surface area (Å²) >= 11 is 0. The highest BCUT2D eigenvalue weighted by Crippen LogP contribution is 2.36. The Balaban J connectivity index is 1.69. The molecule has 2 aliphatic rings. The SMILES string of the molecule is Cc1ccc(C)c(C(N)CN2CCC3CCCCC32)c1. The highest BCUT2D eigenvalue weighted by Gasteiger charge is 2.36. The van der Waals surface area contributed by atoms with Crippen LogP contribution in [0.1, 0.15) is 54.8 Å². The number of fused-ring (bicyclic) bond motifs is 1. The summed E-state index contributed by atoms with van der Waals surface area (Å²) in [7, 11) is 0. The van der Waals surface area contributed by atoms with Crippen LogP contribution in [0.25, 0.3) is 0 Å². The maximum atomic E-state index is 6.52. The van der Waals surface area contributed by atoms with Crippen molar-refractivity contribution in [1.82, 2.24) is 4.90 Å². The van der Waals surface area contributed by atoms with Crippen LogP contribution in [0.15, 0.2) is 18.2 Å². The summed E-state index contributed by atoms with van der Waals surface area (Å²) < 4.78 is 0. The zero-order chi connectivity index (χ0) is 14.1. The van der Waals surface area contributed by atoms with Gasteiger partial charge in [0.2, 0.25) is 0 Å². The summed E-state index contributed by atoms with van der Waals surface area (Å²) in [6.45, 7) is 6.63. The van der Waals surface area contributed by atoms with Crippen LogP contribution in [0.5, 0.6) is 0 Å². The van der Waals surface area contributed by atoms with Gasteiger partial charge in [0.05, 0.1) is 0 Å². The Labute approximate surface area is 123 Å². The van der Waals surface area contributed by atoms with E-state index >= 15 is 0 Å². The van der Waals surface area contributed by atoms with Crippen molar-refractivity contribution < 1.29 is 0 Å². The van der Waals surface area contributed by atoms with Gasteiger partial charge in [0.15, 0.2) is 0 Å². The highest BCUT2D eigenvalue weighted by atomic mass is 15.2. The highest BCUT2D eigenvalue weighted by molar-refractivity contribution is 5.33. The Morgan fingerprint density at radius 2 is 2.00 bits per heavy atom. The molecule has 1 aromatic rings. The van der Waals surface area contributed by atoms with Crippen molar-refractivity contribution in [3.63, 3.8) is 0 Å². The molecule has 2 fully saturated rings. The van der Waals surface area contributed by atoms with Gasteiger partial charge in [-0.25, -0.2) is 0 Å². The molecule has 1 saturated heterocycles. The standard InChI is InChI=1S/C18H28N2/c1-13-7-8-14(2)16(11-13)17(19)12-20-10-9-15-5-3-4-6-18(15)20/h7-8,11,15,17-18H,3-6,9-10,12,19H2,1-2H3. The molecular weight excluding hydrogens is 244 g/mol. The van der Waals surface area contributed by atoms with Crippen molar-refractivity contribution in [2.75, 3.05) is 13.1 Å². The van der Waals surface area contributed by atoms with E-state index in [4.69, 9.17) is 5.73 Å². The van der Waals surface area contributed by atoms with Crippen LogP contribution in [-0.2, 0) is 0 Å². The van der Waals surface area contributed by atoms with Gasteiger partial charge >= 0.3 is 0 Å². The predicted octanol–water partition coefficient (Wildman–Crippen LogP) is 3.57. The van der Waals surface area contributed by atoms with Gasteiger partial charge < -0.3 is 5.73 Å². The Bertz CT molecular complexity index is 468. The number of rotatable bonds is 3. The Kier molecular flexibility index (Phi) is 4.13. The molecule has 0 radical (unpaired) electrons. The second-order valence-electron chi connectivity index (χ2n) is 6.86. The van der Waals surface area contributed by atoms with Gasteiger partial charge in [-0.2, -0.15) is 0 Å². The number of nitrogens with two attached hydrogens (primary N) is 1. The van der Waals surface area contributed by atoms with Gasteiger partial charge in [-0.3, -0.25) is 4.90 Å². The lowest BCUT2D eigenvalue weighted by atomic mass is 9.85. The third-order valence-corrected chi connectivity index (χ3v) is 5.39. The first kappa shape index (κ1) is 14.1. The maximum Gasteiger partial charge on any atom is 0.0427 e. The molecule has 3 rings (SSSR count). The van der Waals surface area contributed by atoms with E-state index in [1.165, 1.54) is 55.3 Å². The first-order valence-electron chi connectivity index (χ1n) is 8.22. The number of hydrogen-bond donors (Lipinski definition) is 1. The van der Waals surface area contributed by atoms with Gasteiger partial charge in [-0.1, -0.05) is 36.6 Å². The fourth-order valence-electron chi connectivity index (χ4n) is 4.24. The minimum Gasteiger partial charge on any atom is -0.323 e. The largest absolute Gasteiger partial charge is 0.323 e.